The van der Waals surface area contributed by atoms with Gasteiger partial charge in [0.15, 0.2) is 0 Å². The van der Waals surface area contributed by atoms with E-state index in [1.54, 1.807) is 0 Å². The van der Waals surface area contributed by atoms with E-state index in [4.69, 9.17) is 0 Å². The summed E-state index contributed by atoms with van der Waals surface area (Å²) in [6.45, 7) is 3.82. The number of aryl methyl sites for hydroxylation is 1. The van der Waals surface area contributed by atoms with Gasteiger partial charge in [0.05, 0.1) is 5.92 Å². The molecule has 1 aromatic rings. The number of hydrogen-bond acceptors (Lipinski definition) is 4. The van der Waals surface area contributed by atoms with Gasteiger partial charge in [-0.2, -0.15) is 0 Å². The first-order valence-electron chi connectivity index (χ1n) is 6.65. The van der Waals surface area contributed by atoms with Crippen LogP contribution >= 0.6 is 0 Å². The van der Waals surface area contributed by atoms with Crippen molar-refractivity contribution in [2.75, 3.05) is 0 Å². The number of rotatable bonds is 3. The van der Waals surface area contributed by atoms with E-state index in [0.29, 0.717) is 31.4 Å². The minimum atomic E-state index is -0.606. The van der Waals surface area contributed by atoms with Gasteiger partial charge in [0.2, 0.25) is 0 Å². The van der Waals surface area contributed by atoms with Gasteiger partial charge in [-0.1, -0.05) is 13.8 Å². The first kappa shape index (κ1) is 14.4. The molecule has 0 spiro atoms. The van der Waals surface area contributed by atoms with Crippen molar-refractivity contribution in [3.8, 4) is 0 Å². The van der Waals surface area contributed by atoms with Crippen molar-refractivity contribution < 1.29 is 9.59 Å². The molecule has 0 radical (unpaired) electrons. The van der Waals surface area contributed by atoms with E-state index in [0.717, 1.165) is 0 Å². The third-order valence-electron chi connectivity index (χ3n) is 3.60. The van der Waals surface area contributed by atoms with Gasteiger partial charge in [0, 0.05) is 24.6 Å². The third-order valence-corrected chi connectivity index (χ3v) is 3.60. The Morgan fingerprint density at radius 1 is 1.10 bits per heavy atom. The molecule has 0 aromatic carbocycles. The number of carbonyl (C=O) groups is 2. The summed E-state index contributed by atoms with van der Waals surface area (Å²) in [6.07, 6.45) is 1.47. The Morgan fingerprint density at radius 3 is 2.25 bits per heavy atom. The van der Waals surface area contributed by atoms with Crippen LogP contribution in [0.3, 0.4) is 0 Å². The Labute approximate surface area is 115 Å². The van der Waals surface area contributed by atoms with Crippen molar-refractivity contribution in [2.45, 2.75) is 39.5 Å². The van der Waals surface area contributed by atoms with E-state index in [1.165, 1.54) is 6.07 Å². The molecule has 1 aliphatic carbocycles. The zero-order chi connectivity index (χ0) is 14.9. The van der Waals surface area contributed by atoms with Crippen molar-refractivity contribution >= 4 is 11.6 Å². The van der Waals surface area contributed by atoms with E-state index >= 15 is 0 Å². The van der Waals surface area contributed by atoms with Crippen LogP contribution in [0.1, 0.15) is 38.8 Å². The van der Waals surface area contributed by atoms with Crippen LogP contribution in [0.25, 0.3) is 0 Å². The minimum absolute atomic E-state index is 0.0431. The predicted octanol–water partition coefficient (Wildman–Crippen LogP) is 0.570. The van der Waals surface area contributed by atoms with Gasteiger partial charge in [-0.15, -0.1) is 0 Å². The highest BCUT2D eigenvalue weighted by molar-refractivity contribution is 6.05. The Morgan fingerprint density at radius 2 is 1.70 bits per heavy atom. The van der Waals surface area contributed by atoms with Gasteiger partial charge in [0.1, 0.15) is 11.6 Å². The summed E-state index contributed by atoms with van der Waals surface area (Å²) in [5, 5.41) is 0. The molecule has 0 saturated heterocycles. The molecule has 1 fully saturated rings. The number of carbonyl (C=O) groups excluding carboxylic acids is 2. The van der Waals surface area contributed by atoms with Gasteiger partial charge >= 0.3 is 5.69 Å². The van der Waals surface area contributed by atoms with E-state index in [2.05, 4.69) is 9.97 Å². The molecule has 0 unspecified atom stereocenters. The summed E-state index contributed by atoms with van der Waals surface area (Å²) >= 11 is 0. The molecule has 2 rings (SSSR count). The van der Waals surface area contributed by atoms with E-state index in [1.807, 2.05) is 13.8 Å². The maximum absolute atomic E-state index is 12.0. The summed E-state index contributed by atoms with van der Waals surface area (Å²) in [4.78, 5) is 50.9. The molecule has 1 saturated carbocycles. The highest BCUT2D eigenvalue weighted by atomic mass is 16.2. The zero-order valence-electron chi connectivity index (χ0n) is 11.6. The molecular formula is C14H18N2O4. The molecule has 20 heavy (non-hydrogen) atoms. The fourth-order valence-corrected chi connectivity index (χ4v) is 2.71. The van der Waals surface area contributed by atoms with E-state index < -0.39 is 17.2 Å². The van der Waals surface area contributed by atoms with Gasteiger partial charge in [0.25, 0.3) is 5.56 Å². The minimum Gasteiger partial charge on any atom is -0.311 e. The molecule has 1 aromatic heterocycles. The topological polar surface area (TPSA) is 99.9 Å². The number of aromatic amines is 2. The summed E-state index contributed by atoms with van der Waals surface area (Å²) in [5.41, 5.74) is -0.867. The van der Waals surface area contributed by atoms with Crippen LogP contribution < -0.4 is 11.2 Å². The van der Waals surface area contributed by atoms with Crippen LogP contribution in [-0.4, -0.2) is 21.5 Å². The summed E-state index contributed by atoms with van der Waals surface area (Å²) in [7, 11) is 0. The fraction of sp³-hybridized carbons (Fsp3) is 0.571. The van der Waals surface area contributed by atoms with Crippen LogP contribution in [0.15, 0.2) is 15.7 Å². The number of Topliss-reactive ketones (excluding diaryl/α,β-unsaturated/α-hetero) is 2. The molecule has 2 N–H and O–H groups in total. The molecule has 0 amide bonds. The van der Waals surface area contributed by atoms with Crippen LogP contribution in [0.4, 0.5) is 0 Å². The summed E-state index contributed by atoms with van der Waals surface area (Å²) in [6, 6.07) is 1.28. The Balaban J connectivity index is 2.07. The van der Waals surface area contributed by atoms with Crippen molar-refractivity contribution in [2.24, 2.45) is 11.3 Å². The quantitative estimate of drug-likeness (QED) is 0.789. The van der Waals surface area contributed by atoms with E-state index in [-0.39, 0.29) is 17.0 Å². The first-order chi connectivity index (χ1) is 9.27. The largest absolute Gasteiger partial charge is 0.325 e. The Kier molecular flexibility index (Phi) is 3.74. The zero-order valence-corrected chi connectivity index (χ0v) is 11.6. The summed E-state index contributed by atoms with van der Waals surface area (Å²) < 4.78 is 0. The van der Waals surface area contributed by atoms with Crippen molar-refractivity contribution in [1.29, 1.82) is 0 Å². The molecule has 108 valence electrons. The molecule has 1 aliphatic rings. The average molecular weight is 278 g/mol. The lowest BCUT2D eigenvalue weighted by Crippen LogP contribution is -2.38. The maximum Gasteiger partial charge on any atom is 0.325 e. The van der Waals surface area contributed by atoms with Gasteiger partial charge < -0.3 is 4.98 Å². The van der Waals surface area contributed by atoms with Crippen LogP contribution in [-0.2, 0) is 16.0 Å². The van der Waals surface area contributed by atoms with Gasteiger partial charge in [-0.3, -0.25) is 19.4 Å². The lowest BCUT2D eigenvalue weighted by Gasteiger charge is -2.31. The standard InChI is InChI=1S/C14H18N2O4/c1-14(2)6-10(17)9(11(18)7-14)4-3-8-5-12(19)16-13(20)15-8/h5,9H,3-4,6-7H2,1-2H3,(H2,15,16,19,20). The van der Waals surface area contributed by atoms with Gasteiger partial charge in [-0.25, -0.2) is 4.79 Å². The second kappa shape index (κ2) is 5.19. The summed E-state index contributed by atoms with van der Waals surface area (Å²) in [5.74, 6) is -0.692. The fourth-order valence-electron chi connectivity index (χ4n) is 2.71. The van der Waals surface area contributed by atoms with Crippen molar-refractivity contribution in [3.05, 3.63) is 32.6 Å². The normalized spacial score (nSPS) is 19.3. The van der Waals surface area contributed by atoms with Gasteiger partial charge in [-0.05, 0) is 18.3 Å². The highest BCUT2D eigenvalue weighted by Crippen LogP contribution is 2.35. The smallest absolute Gasteiger partial charge is 0.311 e. The lowest BCUT2D eigenvalue weighted by atomic mass is 9.70. The average Bonchev–Trinajstić information content (AvgIpc) is 2.24. The maximum atomic E-state index is 12.0. The molecular weight excluding hydrogens is 260 g/mol. The second-order valence-corrected chi connectivity index (χ2v) is 6.15. The number of aromatic nitrogens is 2. The molecule has 0 aliphatic heterocycles. The van der Waals surface area contributed by atoms with Crippen LogP contribution in [0.5, 0.6) is 0 Å². The van der Waals surface area contributed by atoms with Crippen molar-refractivity contribution in [3.63, 3.8) is 0 Å². The number of H-pyrrole nitrogens is 2. The lowest BCUT2D eigenvalue weighted by molar-refractivity contribution is -0.139. The first-order valence-corrected chi connectivity index (χ1v) is 6.65. The molecule has 6 heteroatoms. The Bertz CT molecular complexity index is 605. The van der Waals surface area contributed by atoms with Crippen LogP contribution in [0, 0.1) is 11.3 Å². The monoisotopic (exact) mass is 278 g/mol. The predicted molar refractivity (Wildman–Crippen MR) is 72.5 cm³/mol. The SMILES string of the molecule is CC1(C)CC(=O)C(CCc2cc(=O)[nH]c(=O)[nH]2)C(=O)C1. The molecule has 0 bridgehead atoms. The number of ketones is 2. The molecule has 0 atom stereocenters. The Hall–Kier alpha value is -1.98. The third kappa shape index (κ3) is 3.31. The van der Waals surface area contributed by atoms with Crippen LogP contribution in [0.2, 0.25) is 0 Å². The highest BCUT2D eigenvalue weighted by Gasteiger charge is 2.39. The van der Waals surface area contributed by atoms with Crippen molar-refractivity contribution in [1.82, 2.24) is 9.97 Å². The second-order valence-electron chi connectivity index (χ2n) is 6.15. The number of nitrogens with one attached hydrogen (secondary N) is 2. The molecule has 6 nitrogen and oxygen atoms in total. The van der Waals surface area contributed by atoms with E-state index in [9.17, 15) is 19.2 Å². The number of hydrogen-bond donors (Lipinski definition) is 2. The molecule has 1 heterocycles.